The van der Waals surface area contributed by atoms with E-state index >= 15 is 0 Å². The Labute approximate surface area is 200 Å². The predicted octanol–water partition coefficient (Wildman–Crippen LogP) is 3.84. The van der Waals surface area contributed by atoms with Gasteiger partial charge < -0.3 is 9.80 Å². The van der Waals surface area contributed by atoms with E-state index in [0.29, 0.717) is 17.9 Å². The Morgan fingerprint density at radius 3 is 2.59 bits per heavy atom. The number of hydrogen-bond donors (Lipinski definition) is 0. The highest BCUT2D eigenvalue weighted by atomic mass is 19.1. The SMILES string of the molecule is O=C([C@@H]1CCCN(c2ccnc(-c3cccc(F)c3)n2)C1)N1CCN(Cc2ccccc2)CC1. The Morgan fingerprint density at radius 1 is 0.971 bits per heavy atom. The van der Waals surface area contributed by atoms with Gasteiger partial charge in [0, 0.05) is 57.6 Å². The average molecular weight is 460 g/mol. The Hall–Kier alpha value is -3.32. The van der Waals surface area contributed by atoms with Gasteiger partial charge in [-0.05, 0) is 36.6 Å². The highest BCUT2D eigenvalue weighted by molar-refractivity contribution is 5.80. The van der Waals surface area contributed by atoms with Gasteiger partial charge in [0.15, 0.2) is 5.82 Å². The summed E-state index contributed by atoms with van der Waals surface area (Å²) in [6, 6.07) is 18.7. The van der Waals surface area contributed by atoms with Crippen LogP contribution in [-0.4, -0.2) is 64.9 Å². The summed E-state index contributed by atoms with van der Waals surface area (Å²) in [7, 11) is 0. The normalized spacial score (nSPS) is 19.3. The Morgan fingerprint density at radius 2 is 1.79 bits per heavy atom. The van der Waals surface area contributed by atoms with Gasteiger partial charge in [0.2, 0.25) is 5.91 Å². The van der Waals surface area contributed by atoms with Crippen LogP contribution in [0.25, 0.3) is 11.4 Å². The number of halogens is 1. The van der Waals surface area contributed by atoms with Gasteiger partial charge >= 0.3 is 0 Å². The molecule has 7 heteroatoms. The number of hydrogen-bond acceptors (Lipinski definition) is 5. The molecular weight excluding hydrogens is 429 g/mol. The number of benzene rings is 2. The molecule has 2 aliphatic rings. The van der Waals surface area contributed by atoms with E-state index in [1.54, 1.807) is 12.3 Å². The molecule has 0 spiro atoms. The van der Waals surface area contributed by atoms with Gasteiger partial charge in [-0.3, -0.25) is 9.69 Å². The molecule has 1 amide bonds. The van der Waals surface area contributed by atoms with Gasteiger partial charge in [0.05, 0.1) is 5.92 Å². The molecule has 5 rings (SSSR count). The third-order valence-corrected chi connectivity index (χ3v) is 6.75. The van der Waals surface area contributed by atoms with E-state index < -0.39 is 0 Å². The van der Waals surface area contributed by atoms with Crippen LogP contribution in [0.5, 0.6) is 0 Å². The Bertz CT molecular complexity index is 1120. The highest BCUT2D eigenvalue weighted by Gasteiger charge is 2.31. The van der Waals surface area contributed by atoms with Gasteiger partial charge in [-0.1, -0.05) is 42.5 Å². The summed E-state index contributed by atoms with van der Waals surface area (Å²) in [5.41, 5.74) is 1.97. The number of piperazine rings is 1. The number of piperidine rings is 1. The lowest BCUT2D eigenvalue weighted by molar-refractivity contribution is -0.137. The van der Waals surface area contributed by atoms with Crippen molar-refractivity contribution < 1.29 is 9.18 Å². The third-order valence-electron chi connectivity index (χ3n) is 6.75. The zero-order chi connectivity index (χ0) is 23.3. The predicted molar refractivity (Wildman–Crippen MR) is 131 cm³/mol. The molecule has 1 atom stereocenters. The van der Waals surface area contributed by atoms with E-state index in [0.717, 1.165) is 57.9 Å². The third kappa shape index (κ3) is 5.25. The zero-order valence-corrected chi connectivity index (χ0v) is 19.3. The lowest BCUT2D eigenvalue weighted by Gasteiger charge is -2.39. The number of anilines is 1. The maximum Gasteiger partial charge on any atom is 0.227 e. The second-order valence-corrected chi connectivity index (χ2v) is 9.12. The number of nitrogens with zero attached hydrogens (tertiary/aromatic N) is 5. The molecule has 0 saturated carbocycles. The number of amides is 1. The maximum atomic E-state index is 13.6. The van der Waals surface area contributed by atoms with Crippen LogP contribution in [-0.2, 0) is 11.3 Å². The van der Waals surface area contributed by atoms with Crippen LogP contribution >= 0.6 is 0 Å². The van der Waals surface area contributed by atoms with Gasteiger partial charge in [-0.25, -0.2) is 14.4 Å². The summed E-state index contributed by atoms with van der Waals surface area (Å²) in [5.74, 6) is 1.21. The van der Waals surface area contributed by atoms with Crippen molar-refractivity contribution in [2.75, 3.05) is 44.2 Å². The summed E-state index contributed by atoms with van der Waals surface area (Å²) < 4.78 is 13.6. The van der Waals surface area contributed by atoms with Gasteiger partial charge in [0.1, 0.15) is 11.6 Å². The number of carbonyl (C=O) groups excluding carboxylic acids is 1. The van der Waals surface area contributed by atoms with Crippen molar-refractivity contribution in [2.45, 2.75) is 19.4 Å². The van der Waals surface area contributed by atoms with Crippen molar-refractivity contribution >= 4 is 11.7 Å². The maximum absolute atomic E-state index is 13.6. The molecule has 3 heterocycles. The van der Waals surface area contributed by atoms with Crippen LogP contribution in [0.4, 0.5) is 10.2 Å². The fourth-order valence-corrected chi connectivity index (χ4v) is 4.90. The molecule has 0 N–H and O–H groups in total. The Balaban J connectivity index is 1.19. The summed E-state index contributed by atoms with van der Waals surface area (Å²) in [6.07, 6.45) is 3.56. The van der Waals surface area contributed by atoms with Crippen LogP contribution in [0.1, 0.15) is 18.4 Å². The topological polar surface area (TPSA) is 52.6 Å². The van der Waals surface area contributed by atoms with E-state index in [1.807, 2.05) is 23.1 Å². The summed E-state index contributed by atoms with van der Waals surface area (Å²) in [4.78, 5) is 29.0. The first kappa shape index (κ1) is 22.5. The lowest BCUT2D eigenvalue weighted by Crippen LogP contribution is -2.52. The highest BCUT2D eigenvalue weighted by Crippen LogP contribution is 2.25. The molecule has 2 aromatic carbocycles. The zero-order valence-electron chi connectivity index (χ0n) is 19.3. The first-order chi connectivity index (χ1) is 16.7. The van der Waals surface area contributed by atoms with Crippen LogP contribution in [0, 0.1) is 11.7 Å². The molecule has 2 fully saturated rings. The van der Waals surface area contributed by atoms with Crippen molar-refractivity contribution in [2.24, 2.45) is 5.92 Å². The largest absolute Gasteiger partial charge is 0.356 e. The lowest BCUT2D eigenvalue weighted by atomic mass is 9.96. The minimum absolute atomic E-state index is 0.0259. The van der Waals surface area contributed by atoms with Gasteiger partial charge in [0.25, 0.3) is 0 Å². The molecule has 1 aromatic heterocycles. The molecule has 176 valence electrons. The van der Waals surface area contributed by atoms with E-state index in [9.17, 15) is 9.18 Å². The smallest absolute Gasteiger partial charge is 0.227 e. The van der Waals surface area contributed by atoms with Crippen LogP contribution in [0.3, 0.4) is 0 Å². The van der Waals surface area contributed by atoms with E-state index in [2.05, 4.69) is 44.0 Å². The molecular formula is C27H30FN5O. The summed E-state index contributed by atoms with van der Waals surface area (Å²) in [5, 5.41) is 0. The van der Waals surface area contributed by atoms with Crippen molar-refractivity contribution in [1.29, 1.82) is 0 Å². The van der Waals surface area contributed by atoms with E-state index in [1.165, 1.54) is 17.7 Å². The first-order valence-electron chi connectivity index (χ1n) is 12.0. The minimum Gasteiger partial charge on any atom is -0.356 e. The quantitative estimate of drug-likeness (QED) is 0.580. The first-order valence-corrected chi connectivity index (χ1v) is 12.0. The molecule has 2 saturated heterocycles. The molecule has 0 aliphatic carbocycles. The Kier molecular flexibility index (Phi) is 6.81. The van der Waals surface area contributed by atoms with Crippen LogP contribution < -0.4 is 4.90 Å². The minimum atomic E-state index is -0.306. The fourth-order valence-electron chi connectivity index (χ4n) is 4.90. The second-order valence-electron chi connectivity index (χ2n) is 9.12. The molecule has 3 aromatic rings. The van der Waals surface area contributed by atoms with Gasteiger partial charge in [-0.15, -0.1) is 0 Å². The molecule has 34 heavy (non-hydrogen) atoms. The molecule has 0 bridgehead atoms. The summed E-state index contributed by atoms with van der Waals surface area (Å²) in [6.45, 7) is 5.80. The molecule has 6 nitrogen and oxygen atoms in total. The van der Waals surface area contributed by atoms with Crippen molar-refractivity contribution in [3.8, 4) is 11.4 Å². The number of rotatable bonds is 5. The van der Waals surface area contributed by atoms with Crippen molar-refractivity contribution in [3.63, 3.8) is 0 Å². The monoisotopic (exact) mass is 459 g/mol. The molecule has 0 radical (unpaired) electrons. The van der Waals surface area contributed by atoms with E-state index in [4.69, 9.17) is 0 Å². The standard InChI is InChI=1S/C27H30FN5O/c28-24-10-4-8-22(18-24)26-29-12-11-25(30-26)33-13-5-9-23(20-33)27(34)32-16-14-31(15-17-32)19-21-6-2-1-3-7-21/h1-4,6-8,10-12,18,23H,5,9,13-17,19-20H2/t23-/m1/s1. The molecule has 0 unspecified atom stereocenters. The van der Waals surface area contributed by atoms with Crippen LogP contribution in [0.15, 0.2) is 66.9 Å². The van der Waals surface area contributed by atoms with Crippen molar-refractivity contribution in [1.82, 2.24) is 19.8 Å². The summed E-state index contributed by atoms with van der Waals surface area (Å²) >= 11 is 0. The average Bonchev–Trinajstić information content (AvgIpc) is 2.89. The molecule has 2 aliphatic heterocycles. The van der Waals surface area contributed by atoms with E-state index in [-0.39, 0.29) is 17.6 Å². The van der Waals surface area contributed by atoms with Crippen LogP contribution in [0.2, 0.25) is 0 Å². The van der Waals surface area contributed by atoms with Crippen molar-refractivity contribution in [3.05, 3.63) is 78.2 Å². The fraction of sp³-hybridized carbons (Fsp3) is 0.370. The number of aromatic nitrogens is 2. The number of carbonyl (C=O) groups is 1. The van der Waals surface area contributed by atoms with Gasteiger partial charge in [-0.2, -0.15) is 0 Å². The second kappa shape index (κ2) is 10.3.